The Bertz CT molecular complexity index is 1300. The standard InChI is InChI=1S/C31H33Cl2FIN3O2/c32-26-8-6-21(18-27(26)33)20-37-14-12-25(13-15-37)40-29-9-7-23(19-28(29)34)31(39)36-24-10-16-38(17-11-24)30(35)22-4-2-1-3-5-22/h1-9,18-19,24-25,30H,10-17,20H2,(H,36,39). The Hall–Kier alpha value is -1.91. The van der Waals surface area contributed by atoms with Gasteiger partial charge in [0.1, 0.15) is 6.10 Å². The van der Waals surface area contributed by atoms with Crippen LogP contribution in [0.2, 0.25) is 10.0 Å². The van der Waals surface area contributed by atoms with Crippen LogP contribution in [0.5, 0.6) is 5.75 Å². The van der Waals surface area contributed by atoms with Crippen LogP contribution in [0.4, 0.5) is 4.39 Å². The van der Waals surface area contributed by atoms with Crippen molar-refractivity contribution in [2.24, 2.45) is 0 Å². The van der Waals surface area contributed by atoms with Crippen molar-refractivity contribution in [3.8, 4) is 5.75 Å². The van der Waals surface area contributed by atoms with Gasteiger partial charge in [-0.3, -0.25) is 14.6 Å². The van der Waals surface area contributed by atoms with Crippen molar-refractivity contribution in [2.75, 3.05) is 26.2 Å². The molecule has 1 amide bonds. The molecule has 0 radical (unpaired) electrons. The number of hydrogen-bond donors (Lipinski definition) is 1. The molecule has 0 bridgehead atoms. The fourth-order valence-corrected chi connectivity index (χ4v) is 6.65. The lowest BCUT2D eigenvalue weighted by atomic mass is 10.0. The van der Waals surface area contributed by atoms with Gasteiger partial charge >= 0.3 is 0 Å². The Kier molecular flexibility index (Phi) is 10.2. The van der Waals surface area contributed by atoms with E-state index in [1.807, 2.05) is 24.3 Å². The van der Waals surface area contributed by atoms with Crippen LogP contribution in [-0.4, -0.2) is 54.0 Å². The molecule has 9 heteroatoms. The van der Waals surface area contributed by atoms with Crippen molar-refractivity contribution in [3.05, 3.63) is 99.3 Å². The van der Waals surface area contributed by atoms with Crippen molar-refractivity contribution in [1.29, 1.82) is 0 Å². The van der Waals surface area contributed by atoms with E-state index in [1.165, 1.54) is 11.6 Å². The Morgan fingerprint density at radius 2 is 1.68 bits per heavy atom. The summed E-state index contributed by atoms with van der Waals surface area (Å²) in [6.07, 6.45) is 3.26. The van der Waals surface area contributed by atoms with E-state index < -0.39 is 5.82 Å². The number of carbonyl (C=O) groups excluding carboxylic acids is 1. The number of nitrogens with zero attached hydrogens (tertiary/aromatic N) is 2. The van der Waals surface area contributed by atoms with Crippen molar-refractivity contribution >= 4 is 51.7 Å². The van der Waals surface area contributed by atoms with E-state index >= 15 is 0 Å². The van der Waals surface area contributed by atoms with E-state index in [4.69, 9.17) is 27.9 Å². The van der Waals surface area contributed by atoms with Crippen molar-refractivity contribution in [2.45, 2.75) is 48.4 Å². The fraction of sp³-hybridized carbons (Fsp3) is 0.387. The highest BCUT2D eigenvalue weighted by Crippen LogP contribution is 2.31. The third kappa shape index (κ3) is 7.68. The maximum Gasteiger partial charge on any atom is 0.251 e. The van der Waals surface area contributed by atoms with Crippen LogP contribution < -0.4 is 10.1 Å². The van der Waals surface area contributed by atoms with Crippen LogP contribution in [0.25, 0.3) is 0 Å². The predicted molar refractivity (Wildman–Crippen MR) is 167 cm³/mol. The van der Waals surface area contributed by atoms with Crippen molar-refractivity contribution in [3.63, 3.8) is 0 Å². The highest BCUT2D eigenvalue weighted by molar-refractivity contribution is 14.1. The number of halogens is 4. The highest BCUT2D eigenvalue weighted by Gasteiger charge is 2.26. The lowest BCUT2D eigenvalue weighted by Gasteiger charge is -2.35. The molecule has 2 aliphatic rings. The number of hydrogen-bond acceptors (Lipinski definition) is 4. The van der Waals surface area contributed by atoms with Gasteiger partial charge in [0.25, 0.3) is 5.91 Å². The first-order valence-electron chi connectivity index (χ1n) is 13.7. The molecule has 3 aromatic carbocycles. The molecule has 2 fully saturated rings. The molecule has 0 aliphatic carbocycles. The summed E-state index contributed by atoms with van der Waals surface area (Å²) in [7, 11) is 0. The first-order chi connectivity index (χ1) is 19.4. The molecular formula is C31H33Cl2FIN3O2. The quantitative estimate of drug-likeness (QED) is 0.151. The molecule has 0 saturated carbocycles. The first-order valence-corrected chi connectivity index (χ1v) is 15.7. The molecule has 1 atom stereocenters. The SMILES string of the molecule is O=C(NC1CCN(C(I)c2ccccc2)CC1)c1ccc(OC2CCN(Cc3ccc(Cl)c(Cl)c3)CC2)c(F)c1. The summed E-state index contributed by atoms with van der Waals surface area (Å²) in [5.74, 6) is -0.549. The molecule has 2 heterocycles. The highest BCUT2D eigenvalue weighted by atomic mass is 127. The largest absolute Gasteiger partial charge is 0.487 e. The third-order valence-corrected chi connectivity index (χ3v) is 9.92. The second kappa shape index (κ2) is 13.8. The first kappa shape index (κ1) is 29.6. The second-order valence-electron chi connectivity index (χ2n) is 10.5. The van der Waals surface area contributed by atoms with Gasteiger partial charge in [0.15, 0.2) is 11.6 Å². The summed E-state index contributed by atoms with van der Waals surface area (Å²) >= 11 is 14.6. The molecule has 0 aromatic heterocycles. The topological polar surface area (TPSA) is 44.8 Å². The number of benzene rings is 3. The Morgan fingerprint density at radius 3 is 2.35 bits per heavy atom. The molecule has 1 N–H and O–H groups in total. The van der Waals surface area contributed by atoms with E-state index in [-0.39, 0.29) is 23.8 Å². The number of carbonyl (C=O) groups is 1. The van der Waals surface area contributed by atoms with Crippen LogP contribution in [-0.2, 0) is 6.54 Å². The minimum Gasteiger partial charge on any atom is -0.487 e. The average Bonchev–Trinajstić information content (AvgIpc) is 2.97. The summed E-state index contributed by atoms with van der Waals surface area (Å²) in [5, 5.41) is 4.21. The van der Waals surface area contributed by atoms with Gasteiger partial charge < -0.3 is 10.1 Å². The van der Waals surface area contributed by atoms with E-state index in [0.29, 0.717) is 19.7 Å². The van der Waals surface area contributed by atoms with E-state index in [1.54, 1.807) is 12.1 Å². The van der Waals surface area contributed by atoms with E-state index in [9.17, 15) is 9.18 Å². The average molecular weight is 696 g/mol. The summed E-state index contributed by atoms with van der Waals surface area (Å²) in [4.78, 5) is 17.6. The van der Waals surface area contributed by atoms with Gasteiger partial charge in [0, 0.05) is 44.3 Å². The molecule has 2 aliphatic heterocycles. The summed E-state index contributed by atoms with van der Waals surface area (Å²) in [5.41, 5.74) is 2.72. The van der Waals surface area contributed by atoms with Gasteiger partial charge in [-0.05, 0) is 67.1 Å². The van der Waals surface area contributed by atoms with Crippen LogP contribution in [0.1, 0.15) is 51.2 Å². The number of rotatable bonds is 8. The van der Waals surface area contributed by atoms with Gasteiger partial charge in [0.05, 0.1) is 14.1 Å². The van der Waals surface area contributed by atoms with Crippen LogP contribution in [0.3, 0.4) is 0 Å². The lowest BCUT2D eigenvalue weighted by molar-refractivity contribution is 0.0905. The third-order valence-electron chi connectivity index (χ3n) is 7.67. The van der Waals surface area contributed by atoms with Gasteiger partial charge in [-0.2, -0.15) is 0 Å². The molecule has 212 valence electrons. The molecule has 5 nitrogen and oxygen atoms in total. The van der Waals surface area contributed by atoms with E-state index in [2.05, 4.69) is 62.0 Å². The zero-order valence-corrected chi connectivity index (χ0v) is 25.8. The molecule has 40 heavy (non-hydrogen) atoms. The number of ether oxygens (including phenoxy) is 1. The number of alkyl halides is 1. The van der Waals surface area contributed by atoms with Crippen LogP contribution in [0, 0.1) is 5.82 Å². The van der Waals surface area contributed by atoms with Crippen LogP contribution in [0.15, 0.2) is 66.7 Å². The number of nitrogens with one attached hydrogen (secondary N) is 1. The fourth-order valence-electron chi connectivity index (χ4n) is 5.36. The minimum atomic E-state index is -0.503. The second-order valence-corrected chi connectivity index (χ2v) is 12.5. The normalized spacial score (nSPS) is 18.4. The monoisotopic (exact) mass is 695 g/mol. The van der Waals surface area contributed by atoms with Gasteiger partial charge in [-0.1, -0.05) is 82.2 Å². The number of piperidine rings is 2. The summed E-state index contributed by atoms with van der Waals surface area (Å²) in [6.45, 7) is 4.28. The van der Waals surface area contributed by atoms with Gasteiger partial charge in [-0.15, -0.1) is 0 Å². The molecule has 5 rings (SSSR count). The summed E-state index contributed by atoms with van der Waals surface area (Å²) < 4.78 is 21.2. The zero-order valence-electron chi connectivity index (χ0n) is 22.2. The molecule has 0 spiro atoms. The lowest BCUT2D eigenvalue weighted by Crippen LogP contribution is -2.44. The predicted octanol–water partition coefficient (Wildman–Crippen LogP) is 7.50. The van der Waals surface area contributed by atoms with Crippen molar-refractivity contribution in [1.82, 2.24) is 15.1 Å². The Labute approximate surface area is 259 Å². The van der Waals surface area contributed by atoms with Gasteiger partial charge in [0.2, 0.25) is 0 Å². The number of likely N-dealkylation sites (tertiary alicyclic amines) is 2. The maximum absolute atomic E-state index is 14.9. The van der Waals surface area contributed by atoms with E-state index in [0.717, 1.165) is 64.0 Å². The zero-order chi connectivity index (χ0) is 28.1. The summed E-state index contributed by atoms with van der Waals surface area (Å²) in [6, 6.07) is 20.7. The molecular weight excluding hydrogens is 663 g/mol. The molecule has 2 saturated heterocycles. The Morgan fingerprint density at radius 1 is 0.950 bits per heavy atom. The number of amides is 1. The van der Waals surface area contributed by atoms with Crippen molar-refractivity contribution < 1.29 is 13.9 Å². The molecule has 3 aromatic rings. The minimum absolute atomic E-state index is 0.0676. The maximum atomic E-state index is 14.9. The van der Waals surface area contributed by atoms with Crippen LogP contribution >= 0.6 is 45.8 Å². The molecule has 1 unspecified atom stereocenters. The van der Waals surface area contributed by atoms with Gasteiger partial charge in [-0.25, -0.2) is 4.39 Å². The smallest absolute Gasteiger partial charge is 0.251 e. The Balaban J connectivity index is 1.07.